The van der Waals surface area contributed by atoms with Crippen LogP contribution in [0.3, 0.4) is 0 Å². The molecule has 1 aromatic carbocycles. The Kier molecular flexibility index (Phi) is 2.98. The Bertz CT molecular complexity index is 592. The molecule has 0 bridgehead atoms. The summed E-state index contributed by atoms with van der Waals surface area (Å²) in [7, 11) is 1.71. The maximum Gasteiger partial charge on any atom is 0.199 e. The molecule has 0 N–H and O–H groups in total. The monoisotopic (exact) mass is 252 g/mol. The van der Waals surface area contributed by atoms with Gasteiger partial charge in [-0.15, -0.1) is 0 Å². The molecule has 0 aliphatic carbocycles. The molecular formula is C12H10ClFN2O. The predicted molar refractivity (Wildman–Crippen MR) is 62.8 cm³/mol. The molecule has 2 aromatic rings. The van der Waals surface area contributed by atoms with E-state index in [-0.39, 0.29) is 16.4 Å². The number of hydrogen-bond donors (Lipinski definition) is 0. The van der Waals surface area contributed by atoms with Gasteiger partial charge in [0.05, 0.1) is 16.8 Å². The SMILES string of the molecule is Cc1nn(C)cc1C(=O)c1ccc(Cl)cc1F. The van der Waals surface area contributed by atoms with Crippen molar-refractivity contribution in [3.8, 4) is 0 Å². The first kappa shape index (κ1) is 11.8. The fourth-order valence-electron chi connectivity index (χ4n) is 1.64. The highest BCUT2D eigenvalue weighted by molar-refractivity contribution is 6.30. The van der Waals surface area contributed by atoms with Crippen LogP contribution in [-0.4, -0.2) is 15.6 Å². The molecule has 0 aliphatic heterocycles. The minimum atomic E-state index is -0.620. The van der Waals surface area contributed by atoms with Gasteiger partial charge in [0.25, 0.3) is 0 Å². The van der Waals surface area contributed by atoms with E-state index in [0.717, 1.165) is 6.07 Å². The zero-order chi connectivity index (χ0) is 12.6. The molecule has 0 aliphatic rings. The molecule has 17 heavy (non-hydrogen) atoms. The van der Waals surface area contributed by atoms with Gasteiger partial charge < -0.3 is 0 Å². The van der Waals surface area contributed by atoms with Crippen LogP contribution in [0, 0.1) is 12.7 Å². The van der Waals surface area contributed by atoms with Crippen molar-refractivity contribution >= 4 is 17.4 Å². The van der Waals surface area contributed by atoms with E-state index in [0.29, 0.717) is 11.3 Å². The predicted octanol–water partition coefficient (Wildman–Crippen LogP) is 2.75. The second-order valence-corrected chi connectivity index (χ2v) is 4.19. The van der Waals surface area contributed by atoms with Crippen molar-refractivity contribution < 1.29 is 9.18 Å². The van der Waals surface area contributed by atoms with E-state index in [1.54, 1.807) is 20.2 Å². The third-order valence-electron chi connectivity index (χ3n) is 2.43. The zero-order valence-corrected chi connectivity index (χ0v) is 10.1. The number of halogens is 2. The maximum atomic E-state index is 13.6. The summed E-state index contributed by atoms with van der Waals surface area (Å²) in [4.78, 5) is 12.1. The van der Waals surface area contributed by atoms with Crippen LogP contribution >= 0.6 is 11.6 Å². The largest absolute Gasteiger partial charge is 0.288 e. The first-order chi connectivity index (χ1) is 7.99. The highest BCUT2D eigenvalue weighted by Crippen LogP contribution is 2.19. The number of ketones is 1. The Morgan fingerprint density at radius 1 is 1.41 bits per heavy atom. The molecular weight excluding hydrogens is 243 g/mol. The van der Waals surface area contributed by atoms with Crippen LogP contribution in [-0.2, 0) is 7.05 Å². The minimum Gasteiger partial charge on any atom is -0.288 e. The summed E-state index contributed by atoms with van der Waals surface area (Å²) < 4.78 is 15.1. The number of carbonyl (C=O) groups excluding carboxylic acids is 1. The average molecular weight is 253 g/mol. The number of nitrogens with zero attached hydrogens (tertiary/aromatic N) is 2. The highest BCUT2D eigenvalue weighted by Gasteiger charge is 2.18. The van der Waals surface area contributed by atoms with Crippen LogP contribution in [0.4, 0.5) is 4.39 Å². The van der Waals surface area contributed by atoms with Crippen LogP contribution < -0.4 is 0 Å². The number of carbonyl (C=O) groups is 1. The smallest absolute Gasteiger partial charge is 0.199 e. The third kappa shape index (κ3) is 2.22. The molecule has 0 amide bonds. The maximum absolute atomic E-state index is 13.6. The molecule has 0 radical (unpaired) electrons. The van der Waals surface area contributed by atoms with Crippen LogP contribution in [0.5, 0.6) is 0 Å². The van der Waals surface area contributed by atoms with Crippen molar-refractivity contribution in [2.75, 3.05) is 0 Å². The highest BCUT2D eigenvalue weighted by atomic mass is 35.5. The van der Waals surface area contributed by atoms with Gasteiger partial charge in [0.2, 0.25) is 0 Å². The Labute approximate surface area is 103 Å². The Balaban J connectivity index is 2.47. The van der Waals surface area contributed by atoms with Crippen LogP contribution in [0.15, 0.2) is 24.4 Å². The van der Waals surface area contributed by atoms with Crippen molar-refractivity contribution in [2.45, 2.75) is 6.92 Å². The van der Waals surface area contributed by atoms with Crippen molar-refractivity contribution in [3.05, 3.63) is 52.1 Å². The number of benzene rings is 1. The molecule has 0 saturated carbocycles. The summed E-state index contributed by atoms with van der Waals surface area (Å²) in [6, 6.07) is 4.00. The number of aromatic nitrogens is 2. The molecule has 0 fully saturated rings. The van der Waals surface area contributed by atoms with E-state index in [2.05, 4.69) is 5.10 Å². The van der Waals surface area contributed by atoms with Gasteiger partial charge in [0.15, 0.2) is 5.78 Å². The standard InChI is InChI=1S/C12H10ClFN2O/c1-7-10(6-16(2)15-7)12(17)9-4-3-8(13)5-11(9)14/h3-6H,1-2H3. The van der Waals surface area contributed by atoms with Crippen LogP contribution in [0.2, 0.25) is 5.02 Å². The second-order valence-electron chi connectivity index (χ2n) is 3.76. The van der Waals surface area contributed by atoms with Crippen LogP contribution in [0.1, 0.15) is 21.6 Å². The summed E-state index contributed by atoms with van der Waals surface area (Å²) in [5.41, 5.74) is 0.978. The average Bonchev–Trinajstić information content (AvgIpc) is 2.57. The number of hydrogen-bond acceptors (Lipinski definition) is 2. The first-order valence-electron chi connectivity index (χ1n) is 4.99. The fraction of sp³-hybridized carbons (Fsp3) is 0.167. The van der Waals surface area contributed by atoms with E-state index < -0.39 is 5.82 Å². The third-order valence-corrected chi connectivity index (χ3v) is 2.67. The zero-order valence-electron chi connectivity index (χ0n) is 9.37. The van der Waals surface area contributed by atoms with E-state index >= 15 is 0 Å². The van der Waals surface area contributed by atoms with Gasteiger partial charge >= 0.3 is 0 Å². The van der Waals surface area contributed by atoms with E-state index in [4.69, 9.17) is 11.6 Å². The summed E-state index contributed by atoms with van der Waals surface area (Å²) >= 11 is 5.64. The Hall–Kier alpha value is -1.68. The molecule has 0 atom stereocenters. The van der Waals surface area contributed by atoms with Gasteiger partial charge in [-0.25, -0.2) is 4.39 Å². The van der Waals surface area contributed by atoms with Gasteiger partial charge in [-0.05, 0) is 25.1 Å². The van der Waals surface area contributed by atoms with E-state index in [9.17, 15) is 9.18 Å². The lowest BCUT2D eigenvalue weighted by molar-refractivity contribution is 0.103. The molecule has 88 valence electrons. The van der Waals surface area contributed by atoms with Crippen molar-refractivity contribution in [3.63, 3.8) is 0 Å². The molecule has 1 aromatic heterocycles. The molecule has 1 heterocycles. The quantitative estimate of drug-likeness (QED) is 0.771. The second kappa shape index (κ2) is 4.30. The van der Waals surface area contributed by atoms with Crippen molar-refractivity contribution in [1.82, 2.24) is 9.78 Å². The Morgan fingerprint density at radius 3 is 2.65 bits per heavy atom. The number of rotatable bonds is 2. The molecule has 3 nitrogen and oxygen atoms in total. The summed E-state index contributed by atoms with van der Waals surface area (Å²) in [5.74, 6) is -1.00. The van der Waals surface area contributed by atoms with E-state index in [1.165, 1.54) is 16.8 Å². The molecule has 0 spiro atoms. The summed E-state index contributed by atoms with van der Waals surface area (Å²) in [6.07, 6.45) is 1.58. The Morgan fingerprint density at radius 2 is 2.12 bits per heavy atom. The van der Waals surface area contributed by atoms with Gasteiger partial charge in [-0.3, -0.25) is 9.48 Å². The number of aryl methyl sites for hydroxylation is 2. The lowest BCUT2D eigenvalue weighted by atomic mass is 10.0. The van der Waals surface area contributed by atoms with Crippen molar-refractivity contribution in [1.29, 1.82) is 0 Å². The normalized spacial score (nSPS) is 10.6. The van der Waals surface area contributed by atoms with Gasteiger partial charge in [0, 0.05) is 18.3 Å². The van der Waals surface area contributed by atoms with Crippen molar-refractivity contribution in [2.24, 2.45) is 7.05 Å². The molecule has 5 heteroatoms. The first-order valence-corrected chi connectivity index (χ1v) is 5.37. The van der Waals surface area contributed by atoms with E-state index in [1.807, 2.05) is 0 Å². The topological polar surface area (TPSA) is 34.9 Å². The van der Waals surface area contributed by atoms with Gasteiger partial charge in [0.1, 0.15) is 5.82 Å². The fourth-order valence-corrected chi connectivity index (χ4v) is 1.80. The van der Waals surface area contributed by atoms with Gasteiger partial charge in [-0.2, -0.15) is 5.10 Å². The molecule has 0 unspecified atom stereocenters. The lowest BCUT2D eigenvalue weighted by Crippen LogP contribution is -2.04. The minimum absolute atomic E-state index is 0.00509. The molecule has 2 rings (SSSR count). The summed E-state index contributed by atoms with van der Waals surface area (Å²) in [6.45, 7) is 1.71. The lowest BCUT2D eigenvalue weighted by Gasteiger charge is -2.01. The van der Waals surface area contributed by atoms with Gasteiger partial charge in [-0.1, -0.05) is 11.6 Å². The van der Waals surface area contributed by atoms with Crippen LogP contribution in [0.25, 0.3) is 0 Å². The molecule has 0 saturated heterocycles. The summed E-state index contributed by atoms with van der Waals surface area (Å²) in [5, 5.41) is 4.32.